The van der Waals surface area contributed by atoms with Crippen molar-refractivity contribution >= 4 is 83.3 Å². The van der Waals surface area contributed by atoms with E-state index in [0.29, 0.717) is 92.1 Å². The molecule has 4 N–H and O–H groups in total. The lowest BCUT2D eigenvalue weighted by atomic mass is 9.99. The molecule has 23 nitrogen and oxygen atoms in total. The third-order valence-electron chi connectivity index (χ3n) is 17.8. The highest BCUT2D eigenvalue weighted by atomic mass is 16.6. The first-order chi connectivity index (χ1) is 52.5. The molecular formula is C88H112N10O13. The predicted octanol–water partition coefficient (Wildman–Crippen LogP) is 17.4. The Morgan fingerprint density at radius 2 is 0.847 bits per heavy atom. The van der Waals surface area contributed by atoms with Gasteiger partial charge in [-0.2, -0.15) is 0 Å². The van der Waals surface area contributed by atoms with Gasteiger partial charge in [-0.25, -0.2) is 34.0 Å². The lowest BCUT2D eigenvalue weighted by molar-refractivity contribution is -0.128. The monoisotopic (exact) mass is 1520 g/mol. The number of nitrogens with one attached hydrogen (secondary N) is 3. The third kappa shape index (κ3) is 25.6. The van der Waals surface area contributed by atoms with E-state index in [4.69, 9.17) is 28.9 Å². The van der Waals surface area contributed by atoms with E-state index in [1.807, 2.05) is 205 Å². The molecule has 6 aromatic carbocycles. The van der Waals surface area contributed by atoms with Gasteiger partial charge < -0.3 is 44.1 Å². The first kappa shape index (κ1) is 85.7. The van der Waals surface area contributed by atoms with E-state index in [1.165, 1.54) is 0 Å². The van der Waals surface area contributed by atoms with Gasteiger partial charge in [0.1, 0.15) is 34.1 Å². The van der Waals surface area contributed by atoms with Gasteiger partial charge in [0.2, 0.25) is 11.8 Å². The van der Waals surface area contributed by atoms with Crippen LogP contribution in [0.3, 0.4) is 0 Å². The molecule has 23 heteroatoms. The van der Waals surface area contributed by atoms with Gasteiger partial charge in [0.25, 0.3) is 5.91 Å². The Morgan fingerprint density at radius 1 is 0.468 bits per heavy atom. The molecule has 10 rings (SSSR count). The van der Waals surface area contributed by atoms with Gasteiger partial charge >= 0.3 is 30.3 Å². The van der Waals surface area contributed by atoms with Gasteiger partial charge in [0.15, 0.2) is 0 Å². The van der Waals surface area contributed by atoms with Gasteiger partial charge in [-0.05, 0) is 191 Å². The number of rotatable bonds is 16. The maximum Gasteiger partial charge on any atom is 0.413 e. The Hall–Kier alpha value is -10.9. The van der Waals surface area contributed by atoms with Crippen LogP contribution >= 0.6 is 0 Å². The molecule has 2 saturated heterocycles. The van der Waals surface area contributed by atoms with Crippen molar-refractivity contribution in [3.8, 4) is 22.3 Å². The number of amides is 7. The van der Waals surface area contributed by atoms with E-state index in [0.717, 1.165) is 83.3 Å². The summed E-state index contributed by atoms with van der Waals surface area (Å²) in [7, 11) is 0. The molecule has 2 unspecified atom stereocenters. The number of carbonyl (C=O) groups excluding carboxylic acids is 7. The second-order valence-electron chi connectivity index (χ2n) is 31.8. The number of hydrogen-bond donors (Lipinski definition) is 4. The number of alkyl carbamates (subject to hydrolysis) is 2. The molecule has 2 fully saturated rings. The molecule has 0 aromatic heterocycles. The van der Waals surface area contributed by atoms with Crippen molar-refractivity contribution in [3.05, 3.63) is 190 Å². The van der Waals surface area contributed by atoms with E-state index >= 15 is 0 Å². The second-order valence-corrected chi connectivity index (χ2v) is 31.8. The highest BCUT2D eigenvalue weighted by Gasteiger charge is 2.37. The summed E-state index contributed by atoms with van der Waals surface area (Å²) in [6.07, 6.45) is 5.43. The van der Waals surface area contributed by atoms with Crippen LogP contribution < -0.4 is 16.0 Å². The molecule has 111 heavy (non-hydrogen) atoms. The number of amidine groups is 2. The number of nitrogens with zero attached hydrogens (tertiary/aromatic N) is 7. The van der Waals surface area contributed by atoms with Crippen molar-refractivity contribution in [2.24, 2.45) is 9.98 Å². The molecule has 4 aliphatic rings. The molecule has 592 valence electrons. The SMILES string of the molecule is CC(C)(C)OC(=O)N1CCNCC1c1ccccc1.CCCN(CCC)C(=O)C1=Cc2ccc(-c3ccc(C(=O)N4CCN(C(=O)OC(C)(C)C)C(c5ccccc5)C4)cc3)cc2N=C(NC(=O)OC(C)(C)C)C1.CCCN(CCC)C(=O)C1=Cc2ccc(-c3ccc(C(=O)O)cc3)cc2N=C(NC(=O)OC(C)(C)C)C1. The van der Waals surface area contributed by atoms with Crippen LogP contribution in [0.25, 0.3) is 34.4 Å². The fourth-order valence-electron chi connectivity index (χ4n) is 12.9. The van der Waals surface area contributed by atoms with Crippen molar-refractivity contribution in [3.63, 3.8) is 0 Å². The minimum Gasteiger partial charge on any atom is -0.478 e. The molecule has 4 heterocycles. The molecule has 0 radical (unpaired) electrons. The van der Waals surface area contributed by atoms with Crippen molar-refractivity contribution < 1.29 is 62.4 Å². The predicted molar refractivity (Wildman–Crippen MR) is 436 cm³/mol. The first-order valence-electron chi connectivity index (χ1n) is 38.5. The van der Waals surface area contributed by atoms with Crippen molar-refractivity contribution in [1.82, 2.24) is 40.4 Å². The van der Waals surface area contributed by atoms with Gasteiger partial charge in [0, 0.05) is 106 Å². The molecule has 0 bridgehead atoms. The zero-order chi connectivity index (χ0) is 81.0. The van der Waals surface area contributed by atoms with E-state index in [1.54, 1.807) is 75.6 Å². The third-order valence-corrected chi connectivity index (χ3v) is 17.8. The number of benzene rings is 6. The quantitative estimate of drug-likeness (QED) is 0.0657. The number of piperazine rings is 2. The molecule has 0 spiro atoms. The number of fused-ring (bicyclic) bond motifs is 2. The van der Waals surface area contributed by atoms with Crippen LogP contribution in [-0.4, -0.2) is 177 Å². The highest BCUT2D eigenvalue weighted by Crippen LogP contribution is 2.37. The minimum atomic E-state index is -0.988. The Balaban J connectivity index is 0.000000236. The van der Waals surface area contributed by atoms with Crippen molar-refractivity contribution in [2.75, 3.05) is 65.4 Å². The van der Waals surface area contributed by atoms with Crippen LogP contribution in [0.15, 0.2) is 167 Å². The Kier molecular flexibility index (Phi) is 29.8. The van der Waals surface area contributed by atoms with Crippen LogP contribution in [0.5, 0.6) is 0 Å². The summed E-state index contributed by atoms with van der Waals surface area (Å²) in [4.78, 5) is 122. The number of hydrogen-bond acceptors (Lipinski definition) is 15. The molecule has 4 aliphatic heterocycles. The Bertz CT molecular complexity index is 4360. The number of carboxylic acid groups (broad SMARTS) is 1. The number of ether oxygens (including phenoxy) is 4. The zero-order valence-corrected chi connectivity index (χ0v) is 67.5. The van der Waals surface area contributed by atoms with Crippen LogP contribution in [0, 0.1) is 0 Å². The summed E-state index contributed by atoms with van der Waals surface area (Å²) < 4.78 is 22.1. The first-order valence-corrected chi connectivity index (χ1v) is 38.5. The summed E-state index contributed by atoms with van der Waals surface area (Å²) in [6, 6.07) is 45.0. The fraction of sp³-hybridized carbons (Fsp3) is 0.432. The Labute approximate surface area is 654 Å². The molecule has 2 atom stereocenters. The van der Waals surface area contributed by atoms with Crippen molar-refractivity contribution in [1.29, 1.82) is 0 Å². The zero-order valence-electron chi connectivity index (χ0n) is 67.5. The van der Waals surface area contributed by atoms with Gasteiger partial charge in [-0.3, -0.25) is 34.8 Å². The standard InChI is InChI=1S/C44H55N5O6.C29H35N3O5.C15H22N2O2/c1-9-22-47(23-10-2)40(51)35-26-34-21-20-33(27-36(34)45-38(28-35)46-41(52)54-43(3,4)5)30-16-18-32(19-17-30)39(50)48-24-25-49(42(53)55-44(6,7)8)37(29-48)31-14-12-11-13-15-31;1-6-14-32(15-7-2)26(33)23-16-22-13-12-21(19-8-10-20(11-9-19)27(34)35)17-24(22)30-25(18-23)31-28(36)37-29(3,4)5;1-15(2,3)19-14(18)17-10-9-16-11-13(17)12-7-5-4-6-8-12/h11-21,26-27,37H,9-10,22-25,28-29H2,1-8H3,(H,45,46,52);8-13,16-17H,6-7,14-15,18H2,1-5H3,(H,34,35)(H,30,31,36);4-8,13,16H,9-11H2,1-3H3. The maximum absolute atomic E-state index is 13.9. The van der Waals surface area contributed by atoms with E-state index in [-0.39, 0.29) is 54.3 Å². The Morgan fingerprint density at radius 3 is 1.23 bits per heavy atom. The number of carbonyl (C=O) groups is 8. The van der Waals surface area contributed by atoms with E-state index < -0.39 is 46.7 Å². The maximum atomic E-state index is 13.9. The second kappa shape index (κ2) is 38.6. The van der Waals surface area contributed by atoms with Crippen LogP contribution in [0.1, 0.15) is 204 Å². The molecule has 0 saturated carbocycles. The van der Waals surface area contributed by atoms with Crippen LogP contribution in [0.2, 0.25) is 0 Å². The highest BCUT2D eigenvalue weighted by molar-refractivity contribution is 6.10. The van der Waals surface area contributed by atoms with Crippen LogP contribution in [-0.2, 0) is 28.5 Å². The normalized spacial score (nSPS) is 15.7. The molecule has 0 aliphatic carbocycles. The molecule has 7 amide bonds. The largest absolute Gasteiger partial charge is 0.478 e. The summed E-state index contributed by atoms with van der Waals surface area (Å²) in [6.45, 7) is 35.9. The molecule has 6 aromatic rings. The summed E-state index contributed by atoms with van der Waals surface area (Å²) >= 11 is 0. The van der Waals surface area contributed by atoms with Gasteiger partial charge in [-0.15, -0.1) is 0 Å². The average molecular weight is 1520 g/mol. The van der Waals surface area contributed by atoms with Crippen LogP contribution in [0.4, 0.5) is 30.6 Å². The number of carboxylic acids is 1. The lowest BCUT2D eigenvalue weighted by Gasteiger charge is -2.42. The minimum absolute atomic E-state index is 0.0461. The fourth-order valence-corrected chi connectivity index (χ4v) is 12.9. The van der Waals surface area contributed by atoms with Gasteiger partial charge in [0.05, 0.1) is 29.0 Å². The topological polar surface area (TPSA) is 271 Å². The summed E-state index contributed by atoms with van der Waals surface area (Å²) in [5.74, 6) is -0.635. The summed E-state index contributed by atoms with van der Waals surface area (Å²) in [5, 5.41) is 18.0. The molecular weight excluding hydrogens is 1410 g/mol. The number of aliphatic imine (C=N–C) groups is 2. The van der Waals surface area contributed by atoms with E-state index in [2.05, 4.69) is 28.1 Å². The smallest absolute Gasteiger partial charge is 0.413 e. The van der Waals surface area contributed by atoms with Gasteiger partial charge in [-0.1, -0.05) is 137 Å². The van der Waals surface area contributed by atoms with Crippen molar-refractivity contribution in [2.45, 2.75) is 184 Å². The van der Waals surface area contributed by atoms with E-state index in [9.17, 15) is 43.5 Å². The number of aromatic carboxylic acids is 1. The average Bonchev–Trinajstić information content (AvgIpc) is 1.79. The summed E-state index contributed by atoms with van der Waals surface area (Å²) in [5.41, 5.74) is 7.47. The lowest BCUT2D eigenvalue weighted by Crippen LogP contribution is -2.53.